The quantitative estimate of drug-likeness (QED) is 0.369. The zero-order valence-electron chi connectivity index (χ0n) is 7.59. The van der Waals surface area contributed by atoms with E-state index in [4.69, 9.17) is 14.1 Å². The third-order valence-electron chi connectivity index (χ3n) is 1.25. The van der Waals surface area contributed by atoms with E-state index < -0.39 is 33.3 Å². The van der Waals surface area contributed by atoms with Gasteiger partial charge in [0.1, 0.15) is 0 Å². The minimum atomic E-state index is -3.13. The van der Waals surface area contributed by atoms with Gasteiger partial charge >= 0.3 is 21.1 Å². The van der Waals surface area contributed by atoms with E-state index in [2.05, 4.69) is 9.47 Å². The summed E-state index contributed by atoms with van der Waals surface area (Å²) in [6.45, 7) is 2.96. The van der Waals surface area contributed by atoms with E-state index in [1.54, 1.807) is 0 Å². The number of ether oxygens (including phenoxy) is 2. The first-order valence-corrected chi connectivity index (χ1v) is 4.97. The second kappa shape index (κ2) is 5.32. The molecule has 1 heterocycles. The van der Waals surface area contributed by atoms with E-state index in [-0.39, 0.29) is 0 Å². The molecule has 0 radical (unpaired) electrons. The highest BCUT2D eigenvalue weighted by atomic mass is 28.3. The van der Waals surface area contributed by atoms with Crippen LogP contribution in [0.25, 0.3) is 0 Å². The Hall–Kier alpha value is -1.44. The van der Waals surface area contributed by atoms with Crippen molar-refractivity contribution in [3.63, 3.8) is 0 Å². The van der Waals surface area contributed by atoms with Gasteiger partial charge in [-0.2, -0.15) is 0 Å². The maximum absolute atomic E-state index is 10.7. The van der Waals surface area contributed by atoms with Crippen LogP contribution in [0.5, 0.6) is 0 Å². The Labute approximate surface area is 81.2 Å². The SMILES string of the molecule is CC1OC(=O)C(C)OC1=O.O=[Si](O)O. The average molecular weight is 222 g/mol. The van der Waals surface area contributed by atoms with Crippen LogP contribution < -0.4 is 0 Å². The van der Waals surface area contributed by atoms with E-state index in [1.807, 2.05) is 0 Å². The molecule has 1 fully saturated rings. The number of rotatable bonds is 0. The zero-order valence-corrected chi connectivity index (χ0v) is 8.59. The first-order valence-electron chi connectivity index (χ1n) is 3.67. The maximum atomic E-state index is 10.7. The molecule has 0 aromatic heterocycles. The maximum Gasteiger partial charge on any atom is 0.761 e. The minimum absolute atomic E-state index is 0.480. The van der Waals surface area contributed by atoms with Crippen molar-refractivity contribution in [1.82, 2.24) is 0 Å². The second-order valence-corrected chi connectivity index (χ2v) is 3.01. The van der Waals surface area contributed by atoms with Crippen molar-refractivity contribution in [3.05, 3.63) is 0 Å². The fraction of sp³-hybridized carbons (Fsp3) is 0.667. The van der Waals surface area contributed by atoms with E-state index in [1.165, 1.54) is 13.8 Å². The highest BCUT2D eigenvalue weighted by molar-refractivity contribution is 6.22. The van der Waals surface area contributed by atoms with Gasteiger partial charge in [0.05, 0.1) is 0 Å². The monoisotopic (exact) mass is 222 g/mol. The van der Waals surface area contributed by atoms with Crippen LogP contribution in [0.4, 0.5) is 0 Å². The molecule has 14 heavy (non-hydrogen) atoms. The number of carbonyl (C=O) groups excluding carboxylic acids is 2. The standard InChI is InChI=1S/C6H8O4.H2O3Si/c1-3-5(7)10-4(2)6(8)9-3;1-4(2)3/h3-4H,1-2H3;1-2H. The van der Waals surface area contributed by atoms with Crippen LogP contribution in [-0.2, 0) is 23.5 Å². The fourth-order valence-electron chi connectivity index (χ4n) is 0.636. The van der Waals surface area contributed by atoms with Gasteiger partial charge < -0.3 is 19.1 Å². The van der Waals surface area contributed by atoms with Gasteiger partial charge in [-0.3, -0.25) is 4.46 Å². The number of carbonyl (C=O) groups is 2. The summed E-state index contributed by atoms with van der Waals surface area (Å²) in [4.78, 5) is 35.6. The summed E-state index contributed by atoms with van der Waals surface area (Å²) in [5.41, 5.74) is 0. The molecule has 7 nitrogen and oxygen atoms in total. The Kier molecular flexibility index (Phi) is 4.77. The molecule has 0 bridgehead atoms. The van der Waals surface area contributed by atoms with Crippen LogP contribution in [0.2, 0.25) is 0 Å². The summed E-state index contributed by atoms with van der Waals surface area (Å²) in [5, 5.41) is 0. The van der Waals surface area contributed by atoms with Gasteiger partial charge in [-0.05, 0) is 13.8 Å². The lowest BCUT2D eigenvalue weighted by atomic mass is 10.3. The van der Waals surface area contributed by atoms with Gasteiger partial charge in [0.25, 0.3) is 0 Å². The van der Waals surface area contributed by atoms with E-state index >= 15 is 0 Å². The van der Waals surface area contributed by atoms with Crippen molar-refractivity contribution in [2.75, 3.05) is 0 Å². The van der Waals surface area contributed by atoms with E-state index in [9.17, 15) is 9.59 Å². The number of hydrogen-bond acceptors (Lipinski definition) is 5. The first kappa shape index (κ1) is 12.6. The van der Waals surface area contributed by atoms with Gasteiger partial charge in [-0.1, -0.05) is 0 Å². The Morgan fingerprint density at radius 3 is 1.50 bits per heavy atom. The summed E-state index contributed by atoms with van der Waals surface area (Å²) in [6.07, 6.45) is -1.49. The summed E-state index contributed by atoms with van der Waals surface area (Å²) in [6, 6.07) is 0. The molecule has 8 heteroatoms. The highest BCUT2D eigenvalue weighted by Gasteiger charge is 2.32. The predicted octanol–water partition coefficient (Wildman–Crippen LogP) is -1.75. The molecule has 1 saturated heterocycles. The topological polar surface area (TPSA) is 110 Å². The van der Waals surface area contributed by atoms with Gasteiger partial charge in [0.15, 0.2) is 12.2 Å². The Morgan fingerprint density at radius 1 is 1.07 bits per heavy atom. The largest absolute Gasteiger partial charge is 0.761 e. The molecule has 2 N–H and O–H groups in total. The first-order chi connectivity index (χ1) is 6.34. The molecule has 0 aromatic carbocycles. The summed E-state index contributed by atoms with van der Waals surface area (Å²) < 4.78 is 17.9. The highest BCUT2D eigenvalue weighted by Crippen LogP contribution is 2.08. The molecular weight excluding hydrogens is 212 g/mol. The van der Waals surface area contributed by atoms with Crippen molar-refractivity contribution in [3.8, 4) is 0 Å². The molecule has 2 atom stereocenters. The van der Waals surface area contributed by atoms with Crippen molar-refractivity contribution in [1.29, 1.82) is 0 Å². The lowest BCUT2D eigenvalue weighted by molar-refractivity contribution is -0.191. The van der Waals surface area contributed by atoms with Gasteiger partial charge in [0.2, 0.25) is 0 Å². The molecule has 1 aliphatic rings. The van der Waals surface area contributed by atoms with E-state index in [0.29, 0.717) is 0 Å². The normalized spacial score (nSPS) is 25.3. The van der Waals surface area contributed by atoms with Crippen LogP contribution in [0.3, 0.4) is 0 Å². The van der Waals surface area contributed by atoms with Crippen molar-refractivity contribution in [2.24, 2.45) is 0 Å². The van der Waals surface area contributed by atoms with Gasteiger partial charge in [-0.25, -0.2) is 9.59 Å². The van der Waals surface area contributed by atoms with E-state index in [0.717, 1.165) is 0 Å². The van der Waals surface area contributed by atoms with Crippen LogP contribution in [-0.4, -0.2) is 42.9 Å². The summed E-state index contributed by atoms with van der Waals surface area (Å²) in [7, 11) is -3.13. The summed E-state index contributed by atoms with van der Waals surface area (Å²) in [5.74, 6) is -0.959. The number of cyclic esters (lactones) is 2. The van der Waals surface area contributed by atoms with Gasteiger partial charge in [-0.15, -0.1) is 0 Å². The lowest BCUT2D eigenvalue weighted by Crippen LogP contribution is -2.40. The Morgan fingerprint density at radius 2 is 1.29 bits per heavy atom. The third kappa shape index (κ3) is 4.55. The second-order valence-electron chi connectivity index (χ2n) is 2.44. The van der Waals surface area contributed by atoms with Crippen LogP contribution in [0, 0.1) is 0 Å². The molecule has 0 spiro atoms. The molecular formula is C6H10O7Si. The number of esters is 2. The Balaban J connectivity index is 0.000000364. The average Bonchev–Trinajstić information content (AvgIpc) is 2.00. The molecule has 0 amide bonds. The molecule has 0 aromatic rings. The fourth-order valence-corrected chi connectivity index (χ4v) is 0.636. The van der Waals surface area contributed by atoms with Gasteiger partial charge in [0, 0.05) is 0 Å². The van der Waals surface area contributed by atoms with Crippen molar-refractivity contribution >= 4 is 21.1 Å². The molecule has 80 valence electrons. The van der Waals surface area contributed by atoms with Crippen LogP contribution in [0.1, 0.15) is 13.8 Å². The molecule has 1 rings (SSSR count). The Bertz CT molecular complexity index is 227. The molecule has 0 aliphatic carbocycles. The van der Waals surface area contributed by atoms with Crippen molar-refractivity contribution in [2.45, 2.75) is 26.1 Å². The molecule has 1 aliphatic heterocycles. The van der Waals surface area contributed by atoms with Crippen LogP contribution >= 0.6 is 0 Å². The third-order valence-corrected chi connectivity index (χ3v) is 1.25. The number of hydrogen-bond donors (Lipinski definition) is 2. The summed E-state index contributed by atoms with van der Waals surface area (Å²) >= 11 is 0. The minimum Gasteiger partial charge on any atom is -0.511 e. The smallest absolute Gasteiger partial charge is 0.511 e. The predicted molar refractivity (Wildman–Crippen MR) is 42.0 cm³/mol. The van der Waals surface area contributed by atoms with Crippen LogP contribution in [0.15, 0.2) is 0 Å². The molecule has 0 saturated carbocycles. The lowest BCUT2D eigenvalue weighted by Gasteiger charge is -2.22. The van der Waals surface area contributed by atoms with Crippen molar-refractivity contribution < 1.29 is 33.1 Å². The zero-order chi connectivity index (χ0) is 11.3. The molecule has 2 unspecified atom stereocenters.